The molecule has 0 aliphatic rings. The summed E-state index contributed by atoms with van der Waals surface area (Å²) in [7, 11) is 1.20. The number of halogens is 6. The summed E-state index contributed by atoms with van der Waals surface area (Å²) in [5, 5.41) is 11.2. The molecule has 2 aromatic rings. The smallest absolute Gasteiger partial charge is 0.416 e. The number of amides is 1. The summed E-state index contributed by atoms with van der Waals surface area (Å²) in [5.41, 5.74) is -1.64. The van der Waals surface area contributed by atoms with Gasteiger partial charge in [0.1, 0.15) is 11.6 Å². The van der Waals surface area contributed by atoms with Crippen LogP contribution in [-0.2, 0) is 11.0 Å². The summed E-state index contributed by atoms with van der Waals surface area (Å²) in [5.74, 6) is -1.36. The third kappa shape index (κ3) is 5.84. The molecule has 0 aliphatic heterocycles. The molecule has 0 radical (unpaired) electrons. The van der Waals surface area contributed by atoms with Crippen LogP contribution in [0.2, 0.25) is 5.02 Å². The lowest BCUT2D eigenvalue weighted by Gasteiger charge is -2.12. The van der Waals surface area contributed by atoms with Crippen molar-refractivity contribution < 1.29 is 36.2 Å². The van der Waals surface area contributed by atoms with E-state index in [9.17, 15) is 32.0 Å². The molecule has 1 N–H and O–H groups in total. The van der Waals surface area contributed by atoms with Crippen molar-refractivity contribution in [3.63, 3.8) is 0 Å². The quantitative estimate of drug-likeness (QED) is 0.360. The van der Waals surface area contributed by atoms with Crippen LogP contribution in [0, 0.1) is 11.3 Å². The van der Waals surface area contributed by atoms with Gasteiger partial charge in [0.2, 0.25) is 0 Å². The van der Waals surface area contributed by atoms with Gasteiger partial charge in [-0.15, -0.1) is 0 Å². The van der Waals surface area contributed by atoms with E-state index in [0.717, 1.165) is 24.3 Å². The molecule has 0 aromatic heterocycles. The van der Waals surface area contributed by atoms with E-state index < -0.39 is 29.8 Å². The van der Waals surface area contributed by atoms with Gasteiger partial charge in [0.25, 0.3) is 5.91 Å². The molecule has 2 aromatic carbocycles. The first kappa shape index (κ1) is 23.0. The van der Waals surface area contributed by atoms with Crippen LogP contribution in [0.15, 0.2) is 42.0 Å². The molecule has 0 saturated carbocycles. The average molecular weight is 447 g/mol. The Morgan fingerprint density at radius 3 is 2.47 bits per heavy atom. The second-order valence-electron chi connectivity index (χ2n) is 5.61. The average Bonchev–Trinajstić information content (AvgIpc) is 2.67. The number of nitrogens with one attached hydrogen (secondary N) is 1. The van der Waals surface area contributed by atoms with Crippen molar-refractivity contribution in [2.24, 2.45) is 0 Å². The van der Waals surface area contributed by atoms with Crippen LogP contribution in [0.5, 0.6) is 11.5 Å². The van der Waals surface area contributed by atoms with Gasteiger partial charge in [0.15, 0.2) is 11.5 Å². The summed E-state index contributed by atoms with van der Waals surface area (Å²) in [6.07, 6.45) is -3.57. The molecule has 0 saturated heterocycles. The zero-order valence-electron chi connectivity index (χ0n) is 15.1. The predicted octanol–water partition coefficient (Wildman–Crippen LogP) is 5.51. The number of carbonyl (C=O) groups excluding carboxylic acids is 1. The van der Waals surface area contributed by atoms with E-state index in [1.807, 2.05) is 0 Å². The van der Waals surface area contributed by atoms with Crippen molar-refractivity contribution in [2.75, 3.05) is 12.4 Å². The number of hydrogen-bond acceptors (Lipinski definition) is 4. The molecule has 158 valence electrons. The van der Waals surface area contributed by atoms with E-state index >= 15 is 0 Å². The maximum atomic E-state index is 12.8. The first-order valence-corrected chi connectivity index (χ1v) is 8.35. The molecular formula is C19H12ClF5N2O3. The van der Waals surface area contributed by atoms with Gasteiger partial charge in [0.05, 0.1) is 23.4 Å². The molecule has 0 bridgehead atoms. The number of nitrogens with zero attached hydrogens (tertiary/aromatic N) is 1. The van der Waals surface area contributed by atoms with E-state index in [-0.39, 0.29) is 27.8 Å². The molecular weight excluding hydrogens is 435 g/mol. The summed E-state index contributed by atoms with van der Waals surface area (Å²) in [6, 6.07) is 7.61. The molecule has 0 atom stereocenters. The highest BCUT2D eigenvalue weighted by Gasteiger charge is 2.31. The third-order valence-corrected chi connectivity index (χ3v) is 3.95. The van der Waals surface area contributed by atoms with Crippen LogP contribution in [0.1, 0.15) is 11.1 Å². The molecule has 11 heteroatoms. The van der Waals surface area contributed by atoms with Gasteiger partial charge in [-0.3, -0.25) is 4.79 Å². The van der Waals surface area contributed by atoms with E-state index in [1.54, 1.807) is 6.07 Å². The topological polar surface area (TPSA) is 71.3 Å². The highest BCUT2D eigenvalue weighted by Crippen LogP contribution is 2.34. The minimum absolute atomic E-state index is 0.0809. The van der Waals surface area contributed by atoms with Crippen LogP contribution in [-0.4, -0.2) is 19.6 Å². The Balaban J connectivity index is 2.31. The maximum absolute atomic E-state index is 12.8. The van der Waals surface area contributed by atoms with Crippen LogP contribution in [0.25, 0.3) is 6.08 Å². The molecule has 0 fully saturated rings. The minimum Gasteiger partial charge on any atom is -0.493 e. The first-order valence-electron chi connectivity index (χ1n) is 7.98. The lowest BCUT2D eigenvalue weighted by atomic mass is 10.1. The molecule has 0 heterocycles. The van der Waals surface area contributed by atoms with Crippen LogP contribution in [0.3, 0.4) is 0 Å². The van der Waals surface area contributed by atoms with E-state index in [1.165, 1.54) is 19.2 Å². The van der Waals surface area contributed by atoms with Crippen molar-refractivity contribution in [1.82, 2.24) is 0 Å². The summed E-state index contributed by atoms with van der Waals surface area (Å²) in [4.78, 5) is 12.3. The van der Waals surface area contributed by atoms with E-state index in [2.05, 4.69) is 10.1 Å². The Bertz CT molecular complexity index is 1020. The molecule has 5 nitrogen and oxygen atoms in total. The van der Waals surface area contributed by atoms with Crippen molar-refractivity contribution >= 4 is 29.3 Å². The molecule has 1 amide bonds. The fourth-order valence-corrected chi connectivity index (χ4v) is 2.43. The van der Waals surface area contributed by atoms with Crippen molar-refractivity contribution in [3.05, 3.63) is 58.1 Å². The van der Waals surface area contributed by atoms with Gasteiger partial charge in [-0.25, -0.2) is 0 Å². The third-order valence-electron chi connectivity index (χ3n) is 3.62. The maximum Gasteiger partial charge on any atom is 0.416 e. The van der Waals surface area contributed by atoms with Crippen LogP contribution in [0.4, 0.5) is 27.6 Å². The number of nitriles is 1. The number of carbonyl (C=O) groups is 1. The van der Waals surface area contributed by atoms with Crippen LogP contribution >= 0.6 is 11.6 Å². The lowest BCUT2D eigenvalue weighted by Crippen LogP contribution is -2.15. The molecule has 0 aliphatic carbocycles. The van der Waals surface area contributed by atoms with E-state index in [0.29, 0.717) is 6.07 Å². The van der Waals surface area contributed by atoms with Gasteiger partial charge in [-0.2, -0.15) is 27.2 Å². The lowest BCUT2D eigenvalue weighted by molar-refractivity contribution is -0.137. The zero-order valence-corrected chi connectivity index (χ0v) is 15.8. The zero-order chi connectivity index (χ0) is 22.5. The number of methoxy groups -OCH3 is 1. The van der Waals surface area contributed by atoms with Gasteiger partial charge >= 0.3 is 12.8 Å². The van der Waals surface area contributed by atoms with E-state index in [4.69, 9.17) is 16.3 Å². The normalized spacial score (nSPS) is 11.8. The van der Waals surface area contributed by atoms with Gasteiger partial charge in [-0.05, 0) is 42.0 Å². The second-order valence-corrected chi connectivity index (χ2v) is 6.01. The fourth-order valence-electron chi connectivity index (χ4n) is 2.27. The SMILES string of the molecule is COc1cc(/C=C(\C#N)C(=O)Nc2cc(C(F)(F)F)ccc2Cl)ccc1OC(F)F. The Hall–Kier alpha value is -3.32. The minimum atomic E-state index is -4.66. The number of hydrogen-bond donors (Lipinski definition) is 1. The Labute approximate surface area is 172 Å². The summed E-state index contributed by atoms with van der Waals surface area (Å²) < 4.78 is 72.5. The Morgan fingerprint density at radius 2 is 1.90 bits per heavy atom. The fraction of sp³-hybridized carbons (Fsp3) is 0.158. The number of anilines is 1. The summed E-state index contributed by atoms with van der Waals surface area (Å²) >= 11 is 5.82. The molecule has 2 rings (SSSR count). The summed E-state index contributed by atoms with van der Waals surface area (Å²) in [6.45, 7) is -3.09. The number of ether oxygens (including phenoxy) is 2. The van der Waals surface area contributed by atoms with Gasteiger partial charge < -0.3 is 14.8 Å². The molecule has 30 heavy (non-hydrogen) atoms. The first-order chi connectivity index (χ1) is 14.0. The largest absolute Gasteiger partial charge is 0.493 e. The monoisotopic (exact) mass is 446 g/mol. The van der Waals surface area contributed by atoms with Gasteiger partial charge in [-0.1, -0.05) is 17.7 Å². The van der Waals surface area contributed by atoms with Gasteiger partial charge in [0, 0.05) is 0 Å². The Kier molecular flexibility index (Phi) is 7.24. The number of benzene rings is 2. The highest BCUT2D eigenvalue weighted by atomic mass is 35.5. The second kappa shape index (κ2) is 9.45. The standard InChI is InChI=1S/C19H12ClF5N2O3/c1-29-16-7-10(2-5-15(16)30-18(21)22)6-11(9-26)17(28)27-14-8-12(19(23,24)25)3-4-13(14)20/h2-8,18H,1H3,(H,27,28)/b11-6+. The van der Waals surface area contributed by atoms with Crippen molar-refractivity contribution in [2.45, 2.75) is 12.8 Å². The Morgan fingerprint density at radius 1 is 1.20 bits per heavy atom. The predicted molar refractivity (Wildman–Crippen MR) is 98.3 cm³/mol. The van der Waals surface area contributed by atoms with Crippen molar-refractivity contribution in [1.29, 1.82) is 5.26 Å². The number of rotatable bonds is 6. The highest BCUT2D eigenvalue weighted by molar-refractivity contribution is 6.34. The van der Waals surface area contributed by atoms with Crippen LogP contribution < -0.4 is 14.8 Å². The molecule has 0 spiro atoms. The number of alkyl halides is 5. The molecule has 0 unspecified atom stereocenters. The van der Waals surface area contributed by atoms with Crippen molar-refractivity contribution in [3.8, 4) is 17.6 Å².